The number of benzene rings is 3. The van der Waals surface area contributed by atoms with Crippen molar-refractivity contribution < 1.29 is 4.79 Å². The molecule has 3 aromatic carbocycles. The smallest absolute Gasteiger partial charge is 0.252 e. The van der Waals surface area contributed by atoms with Crippen LogP contribution in [0.5, 0.6) is 0 Å². The summed E-state index contributed by atoms with van der Waals surface area (Å²) in [6.45, 7) is 3.96. The van der Waals surface area contributed by atoms with Crippen molar-refractivity contribution in [1.82, 2.24) is 15.5 Å². The molecule has 1 amide bonds. The van der Waals surface area contributed by atoms with Crippen molar-refractivity contribution in [3.63, 3.8) is 0 Å². The number of rotatable bonds is 5. The number of fused-ring (bicyclic) bond motifs is 1. The first kappa shape index (κ1) is 17.8. The molecule has 5 heteroatoms. The Hall–Kier alpha value is -3.60. The van der Waals surface area contributed by atoms with E-state index in [1.807, 2.05) is 50.2 Å². The maximum Gasteiger partial charge on any atom is 0.252 e. The standard InChI is InChI=1S/C23H22N4O/c1-15-10-11-18(27-19-13-24-25-14-19)12-22(15)23(28)26-16(2)20-9-5-7-17-6-3-4-8-21(17)20/h3-14,16,27H,1-2H3,(H,24,25)(H,26,28). The number of aryl methyl sites for hydroxylation is 1. The second kappa shape index (κ2) is 7.56. The highest BCUT2D eigenvalue weighted by atomic mass is 16.1. The van der Waals surface area contributed by atoms with Crippen molar-refractivity contribution in [3.8, 4) is 0 Å². The van der Waals surface area contributed by atoms with Crippen molar-refractivity contribution in [3.05, 3.63) is 89.7 Å². The third-order valence-electron chi connectivity index (χ3n) is 4.91. The number of hydrogen-bond donors (Lipinski definition) is 3. The van der Waals surface area contributed by atoms with Crippen molar-refractivity contribution in [2.24, 2.45) is 0 Å². The van der Waals surface area contributed by atoms with Crippen LogP contribution in [0.1, 0.15) is 34.5 Å². The van der Waals surface area contributed by atoms with Crippen LogP contribution in [0.15, 0.2) is 73.1 Å². The van der Waals surface area contributed by atoms with E-state index in [0.717, 1.165) is 27.9 Å². The minimum Gasteiger partial charge on any atom is -0.353 e. The fraction of sp³-hybridized carbons (Fsp3) is 0.130. The van der Waals surface area contributed by atoms with Crippen molar-refractivity contribution >= 4 is 28.1 Å². The van der Waals surface area contributed by atoms with Gasteiger partial charge in [-0.25, -0.2) is 0 Å². The third-order valence-corrected chi connectivity index (χ3v) is 4.91. The highest BCUT2D eigenvalue weighted by molar-refractivity contribution is 5.97. The number of anilines is 2. The molecule has 3 N–H and O–H groups in total. The highest BCUT2D eigenvalue weighted by Crippen LogP contribution is 2.25. The molecule has 0 radical (unpaired) electrons. The van der Waals surface area contributed by atoms with Gasteiger partial charge in [0, 0.05) is 17.4 Å². The average molecular weight is 370 g/mol. The van der Waals surface area contributed by atoms with Crippen LogP contribution in [0.3, 0.4) is 0 Å². The second-order valence-corrected chi connectivity index (χ2v) is 6.91. The summed E-state index contributed by atoms with van der Waals surface area (Å²) >= 11 is 0. The summed E-state index contributed by atoms with van der Waals surface area (Å²) in [5.41, 5.74) is 4.38. The summed E-state index contributed by atoms with van der Waals surface area (Å²) in [4.78, 5) is 13.0. The van der Waals surface area contributed by atoms with Gasteiger partial charge in [-0.15, -0.1) is 0 Å². The number of nitrogens with zero attached hydrogens (tertiary/aromatic N) is 1. The Bertz CT molecular complexity index is 1110. The molecule has 1 unspecified atom stereocenters. The first-order chi connectivity index (χ1) is 13.6. The Morgan fingerprint density at radius 2 is 1.86 bits per heavy atom. The maximum atomic E-state index is 13.0. The van der Waals surface area contributed by atoms with Crippen LogP contribution >= 0.6 is 0 Å². The lowest BCUT2D eigenvalue weighted by molar-refractivity contribution is 0.0939. The molecule has 1 aromatic heterocycles. The zero-order chi connectivity index (χ0) is 19.5. The fourth-order valence-electron chi connectivity index (χ4n) is 3.41. The van der Waals surface area contributed by atoms with Gasteiger partial charge in [0.25, 0.3) is 5.91 Å². The van der Waals surface area contributed by atoms with Crippen LogP contribution in [0.25, 0.3) is 10.8 Å². The molecule has 0 spiro atoms. The van der Waals surface area contributed by atoms with Crippen LogP contribution in [-0.4, -0.2) is 16.1 Å². The number of carbonyl (C=O) groups is 1. The second-order valence-electron chi connectivity index (χ2n) is 6.91. The Kier molecular flexibility index (Phi) is 4.81. The number of H-pyrrole nitrogens is 1. The van der Waals surface area contributed by atoms with E-state index >= 15 is 0 Å². The van der Waals surface area contributed by atoms with E-state index in [4.69, 9.17) is 0 Å². The van der Waals surface area contributed by atoms with E-state index in [1.54, 1.807) is 12.4 Å². The summed E-state index contributed by atoms with van der Waals surface area (Å²) in [5.74, 6) is -0.0891. The minimum absolute atomic E-state index is 0.0891. The fourth-order valence-corrected chi connectivity index (χ4v) is 3.41. The molecule has 0 aliphatic heterocycles. The first-order valence-electron chi connectivity index (χ1n) is 9.27. The molecule has 0 bridgehead atoms. The van der Waals surface area contributed by atoms with E-state index in [0.29, 0.717) is 5.56 Å². The van der Waals surface area contributed by atoms with Crippen LogP contribution in [-0.2, 0) is 0 Å². The largest absolute Gasteiger partial charge is 0.353 e. The molecule has 0 fully saturated rings. The lowest BCUT2D eigenvalue weighted by Crippen LogP contribution is -2.27. The molecule has 4 aromatic rings. The van der Waals surface area contributed by atoms with Crippen molar-refractivity contribution in [2.75, 3.05) is 5.32 Å². The van der Waals surface area contributed by atoms with E-state index in [1.165, 1.54) is 5.39 Å². The monoisotopic (exact) mass is 370 g/mol. The van der Waals surface area contributed by atoms with Crippen molar-refractivity contribution in [1.29, 1.82) is 0 Å². The van der Waals surface area contributed by atoms with Crippen LogP contribution < -0.4 is 10.6 Å². The molecule has 5 nitrogen and oxygen atoms in total. The average Bonchev–Trinajstić information content (AvgIpc) is 3.22. The van der Waals surface area contributed by atoms with Crippen LogP contribution in [0, 0.1) is 6.92 Å². The van der Waals surface area contributed by atoms with Crippen LogP contribution in [0.4, 0.5) is 11.4 Å². The summed E-state index contributed by atoms with van der Waals surface area (Å²) in [6.07, 6.45) is 3.46. The van der Waals surface area contributed by atoms with Gasteiger partial charge in [-0.2, -0.15) is 5.10 Å². The number of aromatic nitrogens is 2. The SMILES string of the molecule is Cc1ccc(Nc2cn[nH]c2)cc1C(=O)NC(C)c1cccc2ccccc12. The summed E-state index contributed by atoms with van der Waals surface area (Å²) in [5, 5.41) is 15.4. The molecule has 1 heterocycles. The van der Waals surface area contributed by atoms with Gasteiger partial charge >= 0.3 is 0 Å². The minimum atomic E-state index is -0.108. The molecule has 28 heavy (non-hydrogen) atoms. The number of carbonyl (C=O) groups excluding carboxylic acids is 1. The van der Waals surface area contributed by atoms with Gasteiger partial charge in [0.2, 0.25) is 0 Å². The number of aromatic amines is 1. The summed E-state index contributed by atoms with van der Waals surface area (Å²) in [7, 11) is 0. The lowest BCUT2D eigenvalue weighted by atomic mass is 9.99. The summed E-state index contributed by atoms with van der Waals surface area (Å²) in [6, 6.07) is 20.1. The summed E-state index contributed by atoms with van der Waals surface area (Å²) < 4.78 is 0. The van der Waals surface area contributed by atoms with E-state index in [2.05, 4.69) is 45.1 Å². The van der Waals surface area contributed by atoms with Gasteiger partial charge in [-0.1, -0.05) is 48.5 Å². The van der Waals surface area contributed by atoms with Gasteiger partial charge in [0.05, 0.1) is 17.9 Å². The van der Waals surface area contributed by atoms with Crippen LogP contribution in [0.2, 0.25) is 0 Å². The molecule has 140 valence electrons. The third kappa shape index (κ3) is 3.60. The number of nitrogens with one attached hydrogen (secondary N) is 3. The van der Waals surface area contributed by atoms with Gasteiger partial charge in [0.15, 0.2) is 0 Å². The maximum absolute atomic E-state index is 13.0. The van der Waals surface area contributed by atoms with Crippen molar-refractivity contribution in [2.45, 2.75) is 19.9 Å². The molecular weight excluding hydrogens is 348 g/mol. The predicted molar refractivity (Wildman–Crippen MR) is 113 cm³/mol. The molecular formula is C23H22N4O. The normalized spacial score (nSPS) is 11.9. The Morgan fingerprint density at radius 1 is 1.04 bits per heavy atom. The zero-order valence-corrected chi connectivity index (χ0v) is 15.9. The lowest BCUT2D eigenvalue weighted by Gasteiger charge is -2.18. The Labute approximate surface area is 163 Å². The van der Waals surface area contributed by atoms with Gasteiger partial charge in [-0.05, 0) is 47.9 Å². The molecule has 0 saturated heterocycles. The molecule has 0 aliphatic rings. The Morgan fingerprint density at radius 3 is 2.68 bits per heavy atom. The molecule has 4 rings (SSSR count). The molecule has 1 atom stereocenters. The van der Waals surface area contributed by atoms with E-state index < -0.39 is 0 Å². The quantitative estimate of drug-likeness (QED) is 0.457. The van der Waals surface area contributed by atoms with E-state index in [9.17, 15) is 4.79 Å². The van der Waals surface area contributed by atoms with Gasteiger partial charge in [0.1, 0.15) is 0 Å². The Balaban J connectivity index is 1.57. The van der Waals surface area contributed by atoms with Gasteiger partial charge < -0.3 is 10.6 Å². The predicted octanol–water partition coefficient (Wildman–Crippen LogP) is 5.11. The molecule has 0 saturated carbocycles. The topological polar surface area (TPSA) is 69.8 Å². The van der Waals surface area contributed by atoms with E-state index in [-0.39, 0.29) is 11.9 Å². The number of amides is 1. The first-order valence-corrected chi connectivity index (χ1v) is 9.27. The molecule has 0 aliphatic carbocycles. The van der Waals surface area contributed by atoms with Gasteiger partial charge in [-0.3, -0.25) is 9.89 Å². The highest BCUT2D eigenvalue weighted by Gasteiger charge is 2.16. The number of hydrogen-bond acceptors (Lipinski definition) is 3. The zero-order valence-electron chi connectivity index (χ0n) is 15.9.